The number of para-hydroxylation sites is 1. The minimum Gasteiger partial charge on any atom is -0.368 e. The molecule has 3 heterocycles. The highest BCUT2D eigenvalue weighted by Gasteiger charge is 2.33. The third kappa shape index (κ3) is 4.47. The van der Waals surface area contributed by atoms with Gasteiger partial charge in [0.05, 0.1) is 32.9 Å². The number of nitrogen functional groups attached to an aromatic ring is 1. The Labute approximate surface area is 217 Å². The first-order valence-corrected chi connectivity index (χ1v) is 11.8. The second-order valence-electron chi connectivity index (χ2n) is 8.43. The molecule has 0 fully saturated rings. The molecule has 182 valence electrons. The molecule has 0 saturated carbocycles. The van der Waals surface area contributed by atoms with Crippen LogP contribution in [0.2, 0.25) is 5.02 Å². The van der Waals surface area contributed by atoms with Crippen molar-refractivity contribution >= 4 is 34.3 Å². The van der Waals surface area contributed by atoms with Gasteiger partial charge in [-0.2, -0.15) is 4.98 Å². The topological polar surface area (TPSA) is 112 Å². The molecular weight excluding hydrogens is 486 g/mol. The molecule has 2 aromatic carbocycles. The molecule has 0 saturated heterocycles. The van der Waals surface area contributed by atoms with E-state index in [1.165, 1.54) is 4.57 Å². The van der Waals surface area contributed by atoms with Crippen LogP contribution in [0.25, 0.3) is 27.8 Å². The maximum atomic E-state index is 13.9. The summed E-state index contributed by atoms with van der Waals surface area (Å²) in [6.45, 7) is 5.64. The lowest BCUT2D eigenvalue weighted by atomic mass is 9.98. The number of benzene rings is 2. The van der Waals surface area contributed by atoms with Gasteiger partial charge in [0.15, 0.2) is 0 Å². The predicted octanol–water partition coefficient (Wildman–Crippen LogP) is 5.14. The fourth-order valence-corrected chi connectivity index (χ4v) is 4.41. The van der Waals surface area contributed by atoms with Crippen molar-refractivity contribution < 1.29 is 0 Å². The van der Waals surface area contributed by atoms with Crippen LogP contribution in [0.5, 0.6) is 0 Å². The SMILES string of the molecule is C=C=CC(C)(Nc1nc(N)ncc1-c1ccccn1)c1nc2cccc(Cl)c2c(=O)n1-c1ccccc1. The lowest BCUT2D eigenvalue weighted by Gasteiger charge is -2.30. The zero-order valence-corrected chi connectivity index (χ0v) is 20.6. The van der Waals surface area contributed by atoms with E-state index >= 15 is 0 Å². The second kappa shape index (κ2) is 9.70. The number of hydrogen-bond donors (Lipinski definition) is 2. The summed E-state index contributed by atoms with van der Waals surface area (Å²) in [5.41, 5.74) is 9.72. The van der Waals surface area contributed by atoms with E-state index in [4.69, 9.17) is 22.3 Å². The van der Waals surface area contributed by atoms with Crippen LogP contribution in [0, 0.1) is 0 Å². The maximum absolute atomic E-state index is 13.9. The summed E-state index contributed by atoms with van der Waals surface area (Å²) >= 11 is 6.45. The average Bonchev–Trinajstić information content (AvgIpc) is 2.90. The number of halogens is 1. The summed E-state index contributed by atoms with van der Waals surface area (Å²) in [5, 5.41) is 4.05. The van der Waals surface area contributed by atoms with Crippen molar-refractivity contribution in [3.05, 3.63) is 119 Å². The standard InChI is InChI=1S/C28H22ClN7O/c1-3-15-28(2,35-24-19(17-32-27(30)34-24)21-13-7-8-16-31-21)26-33-22-14-9-12-20(29)23(22)25(37)36(26)18-10-5-4-6-11-18/h4-17H,1H2,2H3,(H3,30,32,34,35). The Bertz CT molecular complexity index is 1710. The van der Waals surface area contributed by atoms with E-state index in [2.05, 4.69) is 32.6 Å². The summed E-state index contributed by atoms with van der Waals surface area (Å²) in [6, 6.07) is 19.9. The van der Waals surface area contributed by atoms with Gasteiger partial charge in [-0.05, 0) is 49.4 Å². The molecule has 3 aromatic heterocycles. The molecule has 3 N–H and O–H groups in total. The molecule has 37 heavy (non-hydrogen) atoms. The minimum atomic E-state index is -1.13. The normalized spacial score (nSPS) is 12.5. The van der Waals surface area contributed by atoms with Gasteiger partial charge in [-0.15, -0.1) is 5.73 Å². The Balaban J connectivity index is 1.80. The van der Waals surface area contributed by atoms with Crippen LogP contribution in [0.4, 0.5) is 11.8 Å². The van der Waals surface area contributed by atoms with E-state index in [1.54, 1.807) is 36.7 Å². The van der Waals surface area contributed by atoms with Crippen LogP contribution in [0.3, 0.4) is 0 Å². The first kappa shape index (κ1) is 23.9. The lowest BCUT2D eigenvalue weighted by Crippen LogP contribution is -2.38. The molecule has 0 aliphatic carbocycles. The summed E-state index contributed by atoms with van der Waals surface area (Å²) in [5.74, 6) is 0.852. The van der Waals surface area contributed by atoms with Crippen LogP contribution in [0.15, 0.2) is 102 Å². The highest BCUT2D eigenvalue weighted by Crippen LogP contribution is 2.33. The molecule has 0 spiro atoms. The van der Waals surface area contributed by atoms with Crippen molar-refractivity contribution in [2.45, 2.75) is 12.5 Å². The van der Waals surface area contributed by atoms with Crippen molar-refractivity contribution in [3.63, 3.8) is 0 Å². The van der Waals surface area contributed by atoms with Crippen LogP contribution < -0.4 is 16.6 Å². The van der Waals surface area contributed by atoms with E-state index in [0.717, 1.165) is 0 Å². The predicted molar refractivity (Wildman–Crippen MR) is 147 cm³/mol. The lowest BCUT2D eigenvalue weighted by molar-refractivity contribution is 0.602. The molecule has 0 aliphatic rings. The number of fused-ring (bicyclic) bond motifs is 1. The van der Waals surface area contributed by atoms with Gasteiger partial charge in [0, 0.05) is 12.4 Å². The fourth-order valence-electron chi connectivity index (χ4n) is 4.16. The van der Waals surface area contributed by atoms with Gasteiger partial charge in [0.2, 0.25) is 5.95 Å². The van der Waals surface area contributed by atoms with Gasteiger partial charge < -0.3 is 11.1 Å². The highest BCUT2D eigenvalue weighted by molar-refractivity contribution is 6.35. The monoisotopic (exact) mass is 507 g/mol. The van der Waals surface area contributed by atoms with Crippen LogP contribution in [-0.2, 0) is 5.54 Å². The smallest absolute Gasteiger partial charge is 0.267 e. The number of anilines is 2. The first-order chi connectivity index (χ1) is 17.9. The summed E-state index contributed by atoms with van der Waals surface area (Å²) in [4.78, 5) is 31.9. The molecule has 8 nitrogen and oxygen atoms in total. The van der Waals surface area contributed by atoms with E-state index in [0.29, 0.717) is 44.5 Å². The zero-order chi connectivity index (χ0) is 26.0. The summed E-state index contributed by atoms with van der Waals surface area (Å²) in [7, 11) is 0. The number of nitrogens with zero attached hydrogens (tertiary/aromatic N) is 5. The zero-order valence-electron chi connectivity index (χ0n) is 19.9. The van der Waals surface area contributed by atoms with Crippen LogP contribution >= 0.6 is 11.6 Å². The van der Waals surface area contributed by atoms with Crippen molar-refractivity contribution in [2.75, 3.05) is 11.1 Å². The molecule has 9 heteroatoms. The summed E-state index contributed by atoms with van der Waals surface area (Å²) < 4.78 is 1.53. The Kier molecular flexibility index (Phi) is 6.27. The molecular formula is C28H22ClN7O. The van der Waals surface area contributed by atoms with Gasteiger partial charge in [-0.3, -0.25) is 14.3 Å². The van der Waals surface area contributed by atoms with Gasteiger partial charge in [-0.1, -0.05) is 48.5 Å². The van der Waals surface area contributed by atoms with Crippen molar-refractivity contribution in [3.8, 4) is 16.9 Å². The Morgan fingerprint density at radius 3 is 2.57 bits per heavy atom. The van der Waals surface area contributed by atoms with E-state index < -0.39 is 5.54 Å². The maximum Gasteiger partial charge on any atom is 0.267 e. The largest absolute Gasteiger partial charge is 0.368 e. The molecule has 0 aliphatic heterocycles. The number of rotatable bonds is 6. The molecule has 5 aromatic rings. The quantitative estimate of drug-likeness (QED) is 0.306. The molecule has 5 rings (SSSR count). The number of nitrogens with two attached hydrogens (primary N) is 1. The van der Waals surface area contributed by atoms with Gasteiger partial charge in [0.1, 0.15) is 17.2 Å². The molecule has 1 unspecified atom stereocenters. The van der Waals surface area contributed by atoms with Gasteiger partial charge >= 0.3 is 0 Å². The fraction of sp³-hybridized carbons (Fsp3) is 0.0714. The van der Waals surface area contributed by atoms with Gasteiger partial charge in [0.25, 0.3) is 5.56 Å². The van der Waals surface area contributed by atoms with Crippen molar-refractivity contribution in [1.82, 2.24) is 24.5 Å². The third-order valence-corrected chi connectivity index (χ3v) is 6.16. The number of nitrogens with one attached hydrogen (secondary N) is 1. The van der Waals surface area contributed by atoms with E-state index in [-0.39, 0.29) is 11.5 Å². The van der Waals surface area contributed by atoms with E-state index in [9.17, 15) is 4.79 Å². The van der Waals surface area contributed by atoms with Crippen molar-refractivity contribution in [1.29, 1.82) is 0 Å². The minimum absolute atomic E-state index is 0.0748. The number of pyridine rings is 1. The third-order valence-electron chi connectivity index (χ3n) is 5.84. The molecule has 0 radical (unpaired) electrons. The Morgan fingerprint density at radius 2 is 1.84 bits per heavy atom. The van der Waals surface area contributed by atoms with Gasteiger partial charge in [-0.25, -0.2) is 9.97 Å². The van der Waals surface area contributed by atoms with Crippen LogP contribution in [0.1, 0.15) is 12.7 Å². The highest BCUT2D eigenvalue weighted by atomic mass is 35.5. The van der Waals surface area contributed by atoms with Crippen LogP contribution in [-0.4, -0.2) is 24.5 Å². The molecule has 1 atom stereocenters. The Morgan fingerprint density at radius 1 is 1.05 bits per heavy atom. The van der Waals surface area contributed by atoms with Crippen molar-refractivity contribution in [2.24, 2.45) is 0 Å². The second-order valence-corrected chi connectivity index (χ2v) is 8.83. The number of aromatic nitrogens is 5. The Hall–Kier alpha value is -4.78. The summed E-state index contributed by atoms with van der Waals surface area (Å²) in [6.07, 6.45) is 4.97. The average molecular weight is 508 g/mol. The first-order valence-electron chi connectivity index (χ1n) is 11.4. The molecule has 0 amide bonds. The van der Waals surface area contributed by atoms with E-state index in [1.807, 2.05) is 55.5 Å². The number of hydrogen-bond acceptors (Lipinski definition) is 7. The molecule has 0 bridgehead atoms.